The first-order chi connectivity index (χ1) is 16.7. The maximum atomic E-state index is 13.6. The Labute approximate surface area is 211 Å². The number of carbonyl (C=O) groups is 3. The average molecular weight is 536 g/mol. The summed E-state index contributed by atoms with van der Waals surface area (Å²) in [7, 11) is 0. The molecule has 3 aliphatic rings. The molecule has 1 saturated heterocycles. The van der Waals surface area contributed by atoms with Crippen LogP contribution in [0.25, 0.3) is 10.9 Å². The average Bonchev–Trinajstić information content (AvgIpc) is 3.17. The summed E-state index contributed by atoms with van der Waals surface area (Å²) in [6.07, 6.45) is 4.44. The zero-order chi connectivity index (χ0) is 24.5. The molecule has 8 nitrogen and oxygen atoms in total. The molecular weight excluding hydrogens is 510 g/mol. The Hall–Kier alpha value is -3.07. The number of aryl methyl sites for hydroxylation is 1. The van der Waals surface area contributed by atoms with Gasteiger partial charge in [-0.1, -0.05) is 25.1 Å². The van der Waals surface area contributed by atoms with Crippen molar-refractivity contribution in [2.45, 2.75) is 64.6 Å². The molecule has 0 radical (unpaired) electrons. The maximum Gasteiger partial charge on any atom is 0.248 e. The third kappa shape index (κ3) is 3.67. The van der Waals surface area contributed by atoms with E-state index in [-0.39, 0.29) is 35.6 Å². The summed E-state index contributed by atoms with van der Waals surface area (Å²) in [6, 6.07) is 8.92. The number of nitrogens with zero attached hydrogens (tertiary/aromatic N) is 4. The molecule has 9 heteroatoms. The lowest BCUT2D eigenvalue weighted by Gasteiger charge is -2.27. The number of benzene rings is 1. The van der Waals surface area contributed by atoms with Gasteiger partial charge in [0.15, 0.2) is 5.78 Å². The second-order valence-electron chi connectivity index (χ2n) is 10.2. The van der Waals surface area contributed by atoms with E-state index in [1.165, 1.54) is 12.5 Å². The van der Waals surface area contributed by atoms with Crippen LogP contribution in [0.15, 0.2) is 34.9 Å². The van der Waals surface area contributed by atoms with Crippen molar-refractivity contribution in [2.75, 3.05) is 5.32 Å². The summed E-state index contributed by atoms with van der Waals surface area (Å²) >= 11 is 3.46. The number of anilines is 1. The first-order valence-electron chi connectivity index (χ1n) is 12.0. The molecule has 35 heavy (non-hydrogen) atoms. The lowest BCUT2D eigenvalue weighted by molar-refractivity contribution is -0.138. The van der Waals surface area contributed by atoms with E-state index in [2.05, 4.69) is 38.3 Å². The first-order valence-corrected chi connectivity index (χ1v) is 12.8. The summed E-state index contributed by atoms with van der Waals surface area (Å²) < 4.78 is 2.29. The number of ketones is 1. The Bertz CT molecular complexity index is 1420. The molecular formula is C26H26BrN5O3. The largest absolute Gasteiger partial charge is 0.325 e. The van der Waals surface area contributed by atoms with Gasteiger partial charge in [-0.25, -0.2) is 4.98 Å². The number of para-hydroxylation sites is 1. The number of amides is 2. The van der Waals surface area contributed by atoms with Gasteiger partial charge in [-0.2, -0.15) is 5.10 Å². The molecule has 3 heterocycles. The number of hydrogen-bond acceptors (Lipinski definition) is 5. The van der Waals surface area contributed by atoms with Crippen molar-refractivity contribution in [1.29, 1.82) is 0 Å². The molecule has 1 unspecified atom stereocenters. The minimum absolute atomic E-state index is 0.0192. The van der Waals surface area contributed by atoms with Crippen LogP contribution >= 0.6 is 15.9 Å². The topological polar surface area (TPSA) is 97.2 Å². The van der Waals surface area contributed by atoms with Crippen molar-refractivity contribution in [1.82, 2.24) is 19.7 Å². The van der Waals surface area contributed by atoms with E-state index in [0.29, 0.717) is 22.5 Å². The van der Waals surface area contributed by atoms with Crippen LogP contribution in [0.2, 0.25) is 0 Å². The fraction of sp³-hybridized carbons (Fsp3) is 0.423. The molecule has 1 saturated carbocycles. The summed E-state index contributed by atoms with van der Waals surface area (Å²) in [5.41, 5.74) is 3.35. The monoisotopic (exact) mass is 535 g/mol. The lowest BCUT2D eigenvalue weighted by Crippen LogP contribution is -2.47. The minimum atomic E-state index is -0.557. The van der Waals surface area contributed by atoms with Gasteiger partial charge < -0.3 is 10.2 Å². The number of carbonyl (C=O) groups excluding carboxylic acids is 3. The Morgan fingerprint density at radius 2 is 2.00 bits per heavy atom. The van der Waals surface area contributed by atoms with Crippen LogP contribution in [-0.2, 0) is 29.0 Å². The van der Waals surface area contributed by atoms with Crippen molar-refractivity contribution in [3.63, 3.8) is 0 Å². The summed E-state index contributed by atoms with van der Waals surface area (Å²) in [6.45, 7) is 3.59. The SMILES string of the molecule is CC(=O)c1nn(CC(=O)N2C3C[C@]3(C)C[C@H]2C(=O)Nc2nc(Br)cc3c2CCC3)c2ccccc12. The van der Waals surface area contributed by atoms with E-state index in [1.54, 1.807) is 9.58 Å². The molecule has 0 bridgehead atoms. The number of fused-ring (bicyclic) bond motifs is 3. The highest BCUT2D eigenvalue weighted by Crippen LogP contribution is 2.59. The number of aromatic nitrogens is 3. The van der Waals surface area contributed by atoms with Gasteiger partial charge in [0.25, 0.3) is 0 Å². The number of piperidine rings is 1. The minimum Gasteiger partial charge on any atom is -0.325 e. The van der Waals surface area contributed by atoms with E-state index in [1.807, 2.05) is 30.3 Å². The molecule has 3 atom stereocenters. The predicted octanol–water partition coefficient (Wildman–Crippen LogP) is 3.90. The van der Waals surface area contributed by atoms with Crippen LogP contribution in [0.5, 0.6) is 0 Å². The molecule has 1 aliphatic heterocycles. The highest BCUT2D eigenvalue weighted by molar-refractivity contribution is 9.10. The Morgan fingerprint density at radius 3 is 2.80 bits per heavy atom. The van der Waals surface area contributed by atoms with Crippen LogP contribution < -0.4 is 5.32 Å². The van der Waals surface area contributed by atoms with Crippen LogP contribution in [0.4, 0.5) is 5.82 Å². The van der Waals surface area contributed by atoms with Crippen molar-refractivity contribution in [3.05, 3.63) is 51.8 Å². The predicted molar refractivity (Wildman–Crippen MR) is 134 cm³/mol. The van der Waals surface area contributed by atoms with E-state index < -0.39 is 6.04 Å². The van der Waals surface area contributed by atoms with E-state index in [9.17, 15) is 14.4 Å². The van der Waals surface area contributed by atoms with Crippen molar-refractivity contribution in [2.24, 2.45) is 5.41 Å². The normalized spacial score (nSPS) is 24.4. The van der Waals surface area contributed by atoms with Gasteiger partial charge in [-0.05, 0) is 76.7 Å². The van der Waals surface area contributed by atoms with Gasteiger partial charge in [0.1, 0.15) is 28.7 Å². The number of pyridine rings is 1. The molecule has 1 N–H and O–H groups in total. The van der Waals surface area contributed by atoms with Crippen LogP contribution in [-0.4, -0.2) is 49.3 Å². The second kappa shape index (κ2) is 7.98. The van der Waals surface area contributed by atoms with E-state index in [0.717, 1.165) is 42.1 Å². The summed E-state index contributed by atoms with van der Waals surface area (Å²) in [5, 5.41) is 8.22. The number of nitrogens with one attached hydrogen (secondary N) is 1. The van der Waals surface area contributed by atoms with Crippen LogP contribution in [0.1, 0.15) is 54.7 Å². The second-order valence-corrected chi connectivity index (χ2v) is 11.1. The van der Waals surface area contributed by atoms with Gasteiger partial charge in [0.2, 0.25) is 11.8 Å². The molecule has 3 aromatic rings. The Balaban J connectivity index is 1.27. The van der Waals surface area contributed by atoms with Crippen molar-refractivity contribution in [3.8, 4) is 0 Å². The smallest absolute Gasteiger partial charge is 0.248 e. The van der Waals surface area contributed by atoms with Crippen molar-refractivity contribution < 1.29 is 14.4 Å². The lowest BCUT2D eigenvalue weighted by atomic mass is 10.0. The van der Waals surface area contributed by atoms with Crippen LogP contribution in [0.3, 0.4) is 0 Å². The quantitative estimate of drug-likeness (QED) is 0.394. The summed E-state index contributed by atoms with van der Waals surface area (Å²) in [5.74, 6) is 0.0993. The third-order valence-electron chi connectivity index (χ3n) is 7.80. The highest BCUT2D eigenvalue weighted by Gasteiger charge is 2.64. The van der Waals surface area contributed by atoms with Gasteiger partial charge in [0.05, 0.1) is 5.52 Å². The third-order valence-corrected chi connectivity index (χ3v) is 8.21. The zero-order valence-electron chi connectivity index (χ0n) is 19.7. The summed E-state index contributed by atoms with van der Waals surface area (Å²) in [4.78, 5) is 45.5. The molecule has 2 aromatic heterocycles. The number of hydrogen-bond donors (Lipinski definition) is 1. The maximum absolute atomic E-state index is 13.6. The number of Topliss-reactive ketones (excluding diaryl/α,β-unsaturated/α-hetero) is 1. The molecule has 2 fully saturated rings. The Morgan fingerprint density at radius 1 is 1.20 bits per heavy atom. The fourth-order valence-electron chi connectivity index (χ4n) is 5.93. The van der Waals surface area contributed by atoms with Crippen LogP contribution in [0, 0.1) is 5.41 Å². The number of rotatable bonds is 5. The fourth-order valence-corrected chi connectivity index (χ4v) is 6.38. The van der Waals surface area contributed by atoms with Gasteiger partial charge >= 0.3 is 0 Å². The molecule has 0 spiro atoms. The van der Waals surface area contributed by atoms with E-state index >= 15 is 0 Å². The molecule has 6 rings (SSSR count). The molecule has 180 valence electrons. The van der Waals surface area contributed by atoms with E-state index in [4.69, 9.17) is 0 Å². The molecule has 2 aliphatic carbocycles. The molecule has 2 amide bonds. The standard InChI is InChI=1S/C26H26BrN5O3/c1-14(33)23-17-7-3-4-9-18(17)31(30-23)13-22(34)32-19(11-26(2)12-20(26)32)25(35)29-24-16-8-5-6-15(16)10-21(27)28-24/h3-4,7,9-10,19-20H,5-6,8,11-13H2,1-2H3,(H,28,29,35)/t19-,20?,26-/m0/s1. The molecule has 1 aromatic carbocycles. The number of likely N-dealkylation sites (tertiary alicyclic amines) is 1. The van der Waals surface area contributed by atoms with Gasteiger partial charge in [-0.3, -0.25) is 19.1 Å². The highest BCUT2D eigenvalue weighted by atomic mass is 79.9. The van der Waals surface area contributed by atoms with Gasteiger partial charge in [0, 0.05) is 18.4 Å². The zero-order valence-corrected chi connectivity index (χ0v) is 21.3. The van der Waals surface area contributed by atoms with Crippen molar-refractivity contribution >= 4 is 50.2 Å². The first kappa shape index (κ1) is 22.4. The van der Waals surface area contributed by atoms with Gasteiger partial charge in [-0.15, -0.1) is 0 Å². The number of halogens is 1. The Kier molecular flexibility index (Phi) is 5.11.